The molecule has 0 bridgehead atoms. The zero-order valence-electron chi connectivity index (χ0n) is 13.0. The fourth-order valence-corrected chi connectivity index (χ4v) is 3.62. The molecule has 0 aliphatic carbocycles. The van der Waals surface area contributed by atoms with E-state index in [0.29, 0.717) is 0 Å². The number of hydrogen-bond acceptors (Lipinski definition) is 3. The van der Waals surface area contributed by atoms with Gasteiger partial charge in [0.2, 0.25) is 0 Å². The van der Waals surface area contributed by atoms with Crippen molar-refractivity contribution in [3.8, 4) is 0 Å². The molecular formula is C18H22N2OS. The predicted octanol–water partition coefficient (Wildman–Crippen LogP) is 3.27. The highest BCUT2D eigenvalue weighted by Crippen LogP contribution is 2.18. The molecule has 1 amide bonds. The second kappa shape index (κ2) is 7.07. The maximum absolute atomic E-state index is 12.5. The Hall–Kier alpha value is -1.65. The van der Waals surface area contributed by atoms with Gasteiger partial charge in [0, 0.05) is 43.0 Å². The smallest absolute Gasteiger partial charge is 0.254 e. The quantitative estimate of drug-likeness (QED) is 0.865. The summed E-state index contributed by atoms with van der Waals surface area (Å²) >= 11 is 1.69. The van der Waals surface area contributed by atoms with Crippen molar-refractivity contribution in [2.24, 2.45) is 0 Å². The molecule has 1 aromatic carbocycles. The van der Waals surface area contributed by atoms with Gasteiger partial charge in [0.25, 0.3) is 5.91 Å². The Balaban J connectivity index is 1.54. The molecule has 1 aromatic heterocycles. The van der Waals surface area contributed by atoms with E-state index in [4.69, 9.17) is 0 Å². The van der Waals surface area contributed by atoms with Crippen LogP contribution in [0.3, 0.4) is 0 Å². The molecule has 0 spiro atoms. The van der Waals surface area contributed by atoms with Gasteiger partial charge in [0.05, 0.1) is 5.56 Å². The van der Waals surface area contributed by atoms with E-state index in [2.05, 4.69) is 36.1 Å². The summed E-state index contributed by atoms with van der Waals surface area (Å²) in [5.74, 6) is 0.190. The summed E-state index contributed by atoms with van der Waals surface area (Å²) in [7, 11) is 0. The summed E-state index contributed by atoms with van der Waals surface area (Å²) in [6.07, 6.45) is 1.00. The first-order chi connectivity index (χ1) is 10.8. The Morgan fingerprint density at radius 2 is 1.86 bits per heavy atom. The largest absolute Gasteiger partial charge is 0.336 e. The van der Waals surface area contributed by atoms with E-state index in [-0.39, 0.29) is 5.91 Å². The van der Waals surface area contributed by atoms with Gasteiger partial charge >= 0.3 is 0 Å². The van der Waals surface area contributed by atoms with Gasteiger partial charge in [-0.2, -0.15) is 0 Å². The number of amides is 1. The average molecular weight is 314 g/mol. The van der Waals surface area contributed by atoms with Crippen LogP contribution in [0.25, 0.3) is 0 Å². The fourth-order valence-electron chi connectivity index (χ4n) is 2.81. The minimum atomic E-state index is 0.190. The van der Waals surface area contributed by atoms with Crippen molar-refractivity contribution in [1.29, 1.82) is 0 Å². The van der Waals surface area contributed by atoms with Crippen molar-refractivity contribution in [3.05, 3.63) is 57.8 Å². The lowest BCUT2D eigenvalue weighted by atomic mass is 10.2. The number of carbonyl (C=O) groups is 1. The maximum atomic E-state index is 12.5. The van der Waals surface area contributed by atoms with E-state index in [1.807, 2.05) is 22.4 Å². The fraction of sp³-hybridized carbons (Fsp3) is 0.389. The van der Waals surface area contributed by atoms with Crippen LogP contribution in [0.4, 0.5) is 0 Å². The van der Waals surface area contributed by atoms with Gasteiger partial charge in [-0.05, 0) is 18.1 Å². The molecule has 1 aliphatic heterocycles. The number of rotatable bonds is 4. The van der Waals surface area contributed by atoms with Gasteiger partial charge in [0.1, 0.15) is 0 Å². The second-order valence-corrected chi connectivity index (χ2v) is 6.70. The minimum absolute atomic E-state index is 0.190. The third-order valence-corrected chi connectivity index (χ3v) is 5.24. The van der Waals surface area contributed by atoms with Crippen molar-refractivity contribution in [3.63, 3.8) is 0 Å². The first-order valence-corrected chi connectivity index (χ1v) is 8.77. The molecule has 1 fully saturated rings. The Labute approximate surface area is 136 Å². The van der Waals surface area contributed by atoms with Crippen LogP contribution < -0.4 is 0 Å². The Morgan fingerprint density at radius 3 is 2.50 bits per heavy atom. The lowest BCUT2D eigenvalue weighted by molar-refractivity contribution is 0.0629. The molecular weight excluding hydrogens is 292 g/mol. The van der Waals surface area contributed by atoms with E-state index in [0.717, 1.165) is 44.7 Å². The van der Waals surface area contributed by atoms with Gasteiger partial charge in [-0.15, -0.1) is 11.3 Å². The molecule has 0 N–H and O–H groups in total. The molecule has 1 aliphatic rings. The zero-order valence-corrected chi connectivity index (χ0v) is 13.8. The number of thiophene rings is 1. The first-order valence-electron chi connectivity index (χ1n) is 7.89. The number of benzene rings is 1. The summed E-state index contributed by atoms with van der Waals surface area (Å²) in [4.78, 5) is 18.2. The molecule has 2 aromatic rings. The molecule has 0 unspecified atom stereocenters. The normalized spacial score (nSPS) is 16.0. The van der Waals surface area contributed by atoms with Crippen LogP contribution in [0.15, 0.2) is 41.8 Å². The van der Waals surface area contributed by atoms with Crippen LogP contribution in [-0.4, -0.2) is 41.9 Å². The van der Waals surface area contributed by atoms with Gasteiger partial charge in [0.15, 0.2) is 0 Å². The van der Waals surface area contributed by atoms with E-state index >= 15 is 0 Å². The number of nitrogens with zero attached hydrogens (tertiary/aromatic N) is 2. The topological polar surface area (TPSA) is 23.6 Å². The second-order valence-electron chi connectivity index (χ2n) is 5.71. The Morgan fingerprint density at radius 1 is 1.14 bits per heavy atom. The van der Waals surface area contributed by atoms with E-state index in [9.17, 15) is 4.79 Å². The van der Waals surface area contributed by atoms with Crippen LogP contribution in [-0.2, 0) is 13.0 Å². The monoisotopic (exact) mass is 314 g/mol. The van der Waals surface area contributed by atoms with Crippen molar-refractivity contribution in [2.45, 2.75) is 19.9 Å². The highest BCUT2D eigenvalue weighted by molar-refractivity contribution is 7.10. The third-order valence-electron chi connectivity index (χ3n) is 4.16. The average Bonchev–Trinajstić information content (AvgIpc) is 3.05. The minimum Gasteiger partial charge on any atom is -0.336 e. The highest BCUT2D eigenvalue weighted by atomic mass is 32.1. The molecule has 3 nitrogen and oxygen atoms in total. The molecule has 22 heavy (non-hydrogen) atoms. The van der Waals surface area contributed by atoms with Crippen molar-refractivity contribution >= 4 is 17.2 Å². The molecule has 0 radical (unpaired) electrons. The summed E-state index contributed by atoms with van der Waals surface area (Å²) in [5, 5.41) is 2.00. The summed E-state index contributed by atoms with van der Waals surface area (Å²) in [6.45, 7) is 6.65. The van der Waals surface area contributed by atoms with Crippen molar-refractivity contribution in [2.75, 3.05) is 26.2 Å². The molecule has 116 valence electrons. The van der Waals surface area contributed by atoms with Crippen LogP contribution in [0.2, 0.25) is 0 Å². The summed E-state index contributed by atoms with van der Waals surface area (Å²) < 4.78 is 0. The molecule has 0 atom stereocenters. The van der Waals surface area contributed by atoms with Crippen LogP contribution in [0.1, 0.15) is 27.7 Å². The predicted molar refractivity (Wildman–Crippen MR) is 91.3 cm³/mol. The lowest BCUT2D eigenvalue weighted by Gasteiger charge is -2.34. The van der Waals surface area contributed by atoms with Gasteiger partial charge in [-0.3, -0.25) is 9.69 Å². The first kappa shape index (κ1) is 15.3. The number of carbonyl (C=O) groups excluding carboxylic acids is 1. The standard InChI is InChI=1S/C18H22N2OS/c1-2-17-12-16(14-22-17)18(21)20-10-8-19(9-11-20)13-15-6-4-3-5-7-15/h3-7,12,14H,2,8-11,13H2,1H3. The summed E-state index contributed by atoms with van der Waals surface area (Å²) in [6, 6.07) is 12.6. The Kier molecular flexibility index (Phi) is 4.90. The van der Waals surface area contributed by atoms with Crippen LogP contribution >= 0.6 is 11.3 Å². The molecule has 0 saturated carbocycles. The number of hydrogen-bond donors (Lipinski definition) is 0. The molecule has 4 heteroatoms. The number of piperazine rings is 1. The Bertz CT molecular complexity index is 615. The summed E-state index contributed by atoms with van der Waals surface area (Å²) in [5.41, 5.74) is 2.20. The van der Waals surface area contributed by atoms with E-state index in [1.54, 1.807) is 11.3 Å². The SMILES string of the molecule is CCc1cc(C(=O)N2CCN(Cc3ccccc3)CC2)cs1. The van der Waals surface area contributed by atoms with Gasteiger partial charge in [-0.1, -0.05) is 37.3 Å². The van der Waals surface area contributed by atoms with Crippen LogP contribution in [0, 0.1) is 0 Å². The third kappa shape index (κ3) is 3.57. The van der Waals surface area contributed by atoms with Crippen molar-refractivity contribution < 1.29 is 4.79 Å². The molecule has 1 saturated heterocycles. The van der Waals surface area contributed by atoms with E-state index < -0.39 is 0 Å². The van der Waals surface area contributed by atoms with Gasteiger partial charge < -0.3 is 4.90 Å². The lowest BCUT2D eigenvalue weighted by Crippen LogP contribution is -2.48. The number of aryl methyl sites for hydroxylation is 1. The van der Waals surface area contributed by atoms with Gasteiger partial charge in [-0.25, -0.2) is 0 Å². The zero-order chi connectivity index (χ0) is 15.4. The molecule has 2 heterocycles. The highest BCUT2D eigenvalue weighted by Gasteiger charge is 2.22. The van der Waals surface area contributed by atoms with Crippen LogP contribution in [0.5, 0.6) is 0 Å². The maximum Gasteiger partial charge on any atom is 0.254 e. The molecule has 3 rings (SSSR count). The van der Waals surface area contributed by atoms with E-state index in [1.165, 1.54) is 10.4 Å². The van der Waals surface area contributed by atoms with Crippen molar-refractivity contribution in [1.82, 2.24) is 9.80 Å².